The molecule has 0 spiro atoms. The van der Waals surface area contributed by atoms with Crippen molar-refractivity contribution in [3.63, 3.8) is 0 Å². The number of nitrogens with zero attached hydrogens (tertiary/aromatic N) is 1. The summed E-state index contributed by atoms with van der Waals surface area (Å²) in [5.41, 5.74) is 1.44. The van der Waals surface area contributed by atoms with Gasteiger partial charge in [-0.3, -0.25) is 10.3 Å². The van der Waals surface area contributed by atoms with Gasteiger partial charge in [-0.2, -0.15) is 0 Å². The maximum Gasteiger partial charge on any atom is 0.411 e. The van der Waals surface area contributed by atoms with Crippen molar-refractivity contribution in [1.82, 2.24) is 4.98 Å². The monoisotopic (exact) mass is 258 g/mol. The van der Waals surface area contributed by atoms with Crippen molar-refractivity contribution in [3.8, 4) is 0 Å². The van der Waals surface area contributed by atoms with Crippen molar-refractivity contribution in [2.24, 2.45) is 5.92 Å². The molecular formula is C15H18N2O2. The van der Waals surface area contributed by atoms with E-state index in [9.17, 15) is 4.79 Å². The minimum absolute atomic E-state index is 0.432. The largest absolute Gasteiger partial charge is 0.449 e. The molecule has 0 atom stereocenters. The topological polar surface area (TPSA) is 51.2 Å². The van der Waals surface area contributed by atoms with Crippen molar-refractivity contribution >= 4 is 22.7 Å². The molecule has 0 unspecified atom stereocenters. The SMILES string of the molecule is CC(C)CCOC(=O)Nc1cccc2cccnc12. The summed E-state index contributed by atoms with van der Waals surface area (Å²) >= 11 is 0. The van der Waals surface area contributed by atoms with Crippen LogP contribution in [-0.2, 0) is 4.74 Å². The van der Waals surface area contributed by atoms with Crippen LogP contribution in [0.4, 0.5) is 10.5 Å². The molecule has 1 aromatic heterocycles. The third-order valence-corrected chi connectivity index (χ3v) is 2.80. The normalized spacial score (nSPS) is 10.7. The van der Waals surface area contributed by atoms with Crippen molar-refractivity contribution < 1.29 is 9.53 Å². The van der Waals surface area contributed by atoms with Gasteiger partial charge in [0, 0.05) is 11.6 Å². The molecule has 2 rings (SSSR count). The van der Waals surface area contributed by atoms with E-state index >= 15 is 0 Å². The average Bonchev–Trinajstić information content (AvgIpc) is 2.39. The fraction of sp³-hybridized carbons (Fsp3) is 0.333. The van der Waals surface area contributed by atoms with Gasteiger partial charge in [-0.05, 0) is 24.5 Å². The van der Waals surface area contributed by atoms with Crippen molar-refractivity contribution in [2.75, 3.05) is 11.9 Å². The van der Waals surface area contributed by atoms with Gasteiger partial charge in [0.2, 0.25) is 0 Å². The average molecular weight is 258 g/mol. The second-order valence-electron chi connectivity index (χ2n) is 4.82. The zero-order chi connectivity index (χ0) is 13.7. The Hall–Kier alpha value is -2.10. The van der Waals surface area contributed by atoms with Crippen LogP contribution in [0.2, 0.25) is 0 Å². The van der Waals surface area contributed by atoms with Gasteiger partial charge in [0.1, 0.15) is 0 Å². The Bertz CT molecular complexity index is 562. The molecule has 1 heterocycles. The van der Waals surface area contributed by atoms with Crippen LogP contribution in [0.3, 0.4) is 0 Å². The number of carbonyl (C=O) groups excluding carboxylic acids is 1. The lowest BCUT2D eigenvalue weighted by Gasteiger charge is -2.09. The number of carbonyl (C=O) groups is 1. The van der Waals surface area contributed by atoms with Crippen LogP contribution in [0.15, 0.2) is 36.5 Å². The molecule has 4 heteroatoms. The molecule has 1 amide bonds. The van der Waals surface area contributed by atoms with Gasteiger partial charge in [0.05, 0.1) is 17.8 Å². The van der Waals surface area contributed by atoms with E-state index in [4.69, 9.17) is 4.74 Å². The zero-order valence-electron chi connectivity index (χ0n) is 11.2. The molecule has 0 radical (unpaired) electrons. The minimum Gasteiger partial charge on any atom is -0.449 e. The number of benzene rings is 1. The lowest BCUT2D eigenvalue weighted by atomic mass is 10.1. The summed E-state index contributed by atoms with van der Waals surface area (Å²) in [7, 11) is 0. The minimum atomic E-state index is -0.432. The van der Waals surface area contributed by atoms with Crippen molar-refractivity contribution in [3.05, 3.63) is 36.5 Å². The van der Waals surface area contributed by atoms with Crippen LogP contribution in [0.5, 0.6) is 0 Å². The molecule has 4 nitrogen and oxygen atoms in total. The number of para-hydroxylation sites is 1. The van der Waals surface area contributed by atoms with Crippen LogP contribution in [0.1, 0.15) is 20.3 Å². The predicted molar refractivity (Wildman–Crippen MR) is 76.2 cm³/mol. The summed E-state index contributed by atoms with van der Waals surface area (Å²) in [4.78, 5) is 15.9. The number of rotatable bonds is 4. The fourth-order valence-electron chi connectivity index (χ4n) is 1.74. The number of ether oxygens (including phenoxy) is 1. The van der Waals surface area contributed by atoms with Gasteiger partial charge in [-0.25, -0.2) is 4.79 Å². The Morgan fingerprint density at radius 3 is 2.89 bits per heavy atom. The highest BCUT2D eigenvalue weighted by atomic mass is 16.5. The Labute approximate surface area is 112 Å². The second-order valence-corrected chi connectivity index (χ2v) is 4.82. The van der Waals surface area contributed by atoms with Crippen LogP contribution >= 0.6 is 0 Å². The lowest BCUT2D eigenvalue weighted by Crippen LogP contribution is -2.15. The van der Waals surface area contributed by atoms with Crippen LogP contribution in [-0.4, -0.2) is 17.7 Å². The second kappa shape index (κ2) is 6.18. The number of pyridine rings is 1. The van der Waals surface area contributed by atoms with Crippen LogP contribution in [0, 0.1) is 5.92 Å². The number of anilines is 1. The van der Waals surface area contributed by atoms with E-state index in [-0.39, 0.29) is 0 Å². The summed E-state index contributed by atoms with van der Waals surface area (Å²) in [5, 5.41) is 3.72. The number of aromatic nitrogens is 1. The molecule has 0 saturated carbocycles. The molecule has 0 fully saturated rings. The van der Waals surface area contributed by atoms with E-state index in [2.05, 4.69) is 24.1 Å². The number of hydrogen-bond acceptors (Lipinski definition) is 3. The molecule has 0 aliphatic carbocycles. The number of amides is 1. The van der Waals surface area contributed by atoms with E-state index in [1.54, 1.807) is 6.20 Å². The molecule has 0 aliphatic heterocycles. The zero-order valence-corrected chi connectivity index (χ0v) is 11.2. The molecule has 0 saturated heterocycles. The van der Waals surface area contributed by atoms with Gasteiger partial charge in [0.15, 0.2) is 0 Å². The molecule has 0 bridgehead atoms. The summed E-state index contributed by atoms with van der Waals surface area (Å²) in [6.45, 7) is 4.62. The highest BCUT2D eigenvalue weighted by Gasteiger charge is 2.07. The standard InChI is InChI=1S/C15H18N2O2/c1-11(2)8-10-19-15(18)17-13-7-3-5-12-6-4-9-16-14(12)13/h3-7,9,11H,8,10H2,1-2H3,(H,17,18). The summed E-state index contributed by atoms with van der Waals surface area (Å²) in [6.07, 6.45) is 2.14. The smallest absolute Gasteiger partial charge is 0.411 e. The van der Waals surface area contributed by atoms with Gasteiger partial charge in [-0.1, -0.05) is 32.0 Å². The third kappa shape index (κ3) is 3.68. The number of fused-ring (bicyclic) bond motifs is 1. The van der Waals surface area contributed by atoms with E-state index in [0.29, 0.717) is 18.2 Å². The van der Waals surface area contributed by atoms with Gasteiger partial charge in [0.25, 0.3) is 0 Å². The lowest BCUT2D eigenvalue weighted by molar-refractivity contribution is 0.155. The number of hydrogen-bond donors (Lipinski definition) is 1. The molecule has 1 N–H and O–H groups in total. The van der Waals surface area contributed by atoms with Gasteiger partial charge < -0.3 is 4.74 Å². The summed E-state index contributed by atoms with van der Waals surface area (Å²) in [5.74, 6) is 0.520. The summed E-state index contributed by atoms with van der Waals surface area (Å²) in [6, 6.07) is 9.48. The molecule has 19 heavy (non-hydrogen) atoms. The first-order valence-electron chi connectivity index (χ1n) is 6.44. The molecule has 1 aromatic carbocycles. The van der Waals surface area contributed by atoms with E-state index < -0.39 is 6.09 Å². The first kappa shape index (κ1) is 13.3. The first-order valence-corrected chi connectivity index (χ1v) is 6.44. The van der Waals surface area contributed by atoms with Crippen molar-refractivity contribution in [2.45, 2.75) is 20.3 Å². The highest BCUT2D eigenvalue weighted by Crippen LogP contribution is 2.20. The molecule has 2 aromatic rings. The molecule has 0 aliphatic rings. The Morgan fingerprint density at radius 1 is 1.32 bits per heavy atom. The van der Waals surface area contributed by atoms with Gasteiger partial charge in [-0.15, -0.1) is 0 Å². The van der Waals surface area contributed by atoms with E-state index in [1.807, 2.05) is 30.3 Å². The first-order chi connectivity index (χ1) is 9.16. The summed E-state index contributed by atoms with van der Waals surface area (Å²) < 4.78 is 5.13. The predicted octanol–water partition coefficient (Wildman–Crippen LogP) is 3.83. The van der Waals surface area contributed by atoms with E-state index in [0.717, 1.165) is 17.3 Å². The van der Waals surface area contributed by atoms with Crippen LogP contribution in [0.25, 0.3) is 10.9 Å². The Kier molecular flexibility index (Phi) is 4.34. The third-order valence-electron chi connectivity index (χ3n) is 2.80. The fourth-order valence-corrected chi connectivity index (χ4v) is 1.74. The maximum absolute atomic E-state index is 11.7. The Morgan fingerprint density at radius 2 is 2.11 bits per heavy atom. The van der Waals surface area contributed by atoms with E-state index in [1.165, 1.54) is 0 Å². The molecule has 100 valence electrons. The van der Waals surface area contributed by atoms with Crippen molar-refractivity contribution in [1.29, 1.82) is 0 Å². The molecular weight excluding hydrogens is 240 g/mol. The highest BCUT2D eigenvalue weighted by molar-refractivity contribution is 5.97. The number of nitrogens with one attached hydrogen (secondary N) is 1. The van der Waals surface area contributed by atoms with Gasteiger partial charge >= 0.3 is 6.09 Å². The van der Waals surface area contributed by atoms with Crippen LogP contribution < -0.4 is 5.32 Å². The quantitative estimate of drug-likeness (QED) is 0.906. The maximum atomic E-state index is 11.7. The Balaban J connectivity index is 2.03.